The van der Waals surface area contributed by atoms with Crippen LogP contribution in [-0.4, -0.2) is 34.3 Å². The number of ketones is 1. The lowest BCUT2D eigenvalue weighted by Crippen LogP contribution is -2.31. The standard InChI is InChI=1S/C34H29NO5/c1-22-19-26-20-25(15-16-29(26)39-22)32(36)30-31(24-11-8-14-28(21-24)40-27-12-6-3-7-13-27)35(34(38)33(30)37)18-17-23-9-4-2-5-10-23/h2-16,20-22,31,36H,17-19H2,1H3. The number of nitrogens with zero attached hydrogens (tertiary/aromatic N) is 1. The van der Waals surface area contributed by atoms with E-state index in [1.54, 1.807) is 11.0 Å². The summed E-state index contributed by atoms with van der Waals surface area (Å²) in [5.74, 6) is 0.496. The summed E-state index contributed by atoms with van der Waals surface area (Å²) in [6.07, 6.45) is 1.33. The van der Waals surface area contributed by atoms with Crippen LogP contribution in [0.15, 0.2) is 109 Å². The van der Waals surface area contributed by atoms with Gasteiger partial charge in [-0.15, -0.1) is 0 Å². The van der Waals surface area contributed by atoms with Crippen LogP contribution in [0.3, 0.4) is 0 Å². The third kappa shape index (κ3) is 4.96. The first-order chi connectivity index (χ1) is 19.5. The lowest BCUT2D eigenvalue weighted by Gasteiger charge is -2.26. The van der Waals surface area contributed by atoms with E-state index in [9.17, 15) is 14.7 Å². The van der Waals surface area contributed by atoms with E-state index in [2.05, 4.69) is 0 Å². The Bertz CT molecular complexity index is 1600. The third-order valence-corrected chi connectivity index (χ3v) is 7.35. The Morgan fingerprint density at radius 1 is 0.900 bits per heavy atom. The van der Waals surface area contributed by atoms with Crippen molar-refractivity contribution in [2.24, 2.45) is 0 Å². The first-order valence-corrected chi connectivity index (χ1v) is 13.4. The molecule has 2 atom stereocenters. The van der Waals surface area contributed by atoms with Crippen LogP contribution in [0.2, 0.25) is 0 Å². The number of carbonyl (C=O) groups excluding carboxylic acids is 2. The predicted octanol–water partition coefficient (Wildman–Crippen LogP) is 6.47. The van der Waals surface area contributed by atoms with Crippen molar-refractivity contribution in [1.82, 2.24) is 4.90 Å². The average Bonchev–Trinajstić information content (AvgIpc) is 3.47. The van der Waals surface area contributed by atoms with Crippen LogP contribution in [0.5, 0.6) is 17.2 Å². The highest BCUT2D eigenvalue weighted by molar-refractivity contribution is 6.46. The van der Waals surface area contributed by atoms with Crippen LogP contribution in [0.1, 0.15) is 35.2 Å². The van der Waals surface area contributed by atoms with Crippen molar-refractivity contribution in [3.8, 4) is 17.2 Å². The van der Waals surface area contributed by atoms with Crippen molar-refractivity contribution in [2.75, 3.05) is 6.54 Å². The summed E-state index contributed by atoms with van der Waals surface area (Å²) in [5.41, 5.74) is 3.25. The summed E-state index contributed by atoms with van der Waals surface area (Å²) >= 11 is 0. The fourth-order valence-corrected chi connectivity index (χ4v) is 5.45. The molecule has 2 heterocycles. The molecule has 0 spiro atoms. The molecule has 6 rings (SSSR count). The maximum atomic E-state index is 13.5. The molecule has 1 fully saturated rings. The number of amides is 1. The molecule has 0 bridgehead atoms. The zero-order valence-corrected chi connectivity index (χ0v) is 22.1. The van der Waals surface area contributed by atoms with Crippen molar-refractivity contribution >= 4 is 17.4 Å². The monoisotopic (exact) mass is 531 g/mol. The minimum Gasteiger partial charge on any atom is -0.507 e. The molecule has 4 aromatic carbocycles. The van der Waals surface area contributed by atoms with Gasteiger partial charge in [0.15, 0.2) is 0 Å². The number of hydrogen-bond donors (Lipinski definition) is 1. The van der Waals surface area contributed by atoms with Crippen LogP contribution in [0.4, 0.5) is 0 Å². The van der Waals surface area contributed by atoms with E-state index in [1.165, 1.54) is 0 Å². The predicted molar refractivity (Wildman–Crippen MR) is 152 cm³/mol. The molecule has 0 radical (unpaired) electrons. The van der Waals surface area contributed by atoms with Gasteiger partial charge < -0.3 is 19.5 Å². The largest absolute Gasteiger partial charge is 0.507 e. The molecule has 40 heavy (non-hydrogen) atoms. The Kier molecular flexibility index (Phi) is 6.83. The van der Waals surface area contributed by atoms with Crippen LogP contribution in [-0.2, 0) is 22.4 Å². The summed E-state index contributed by atoms with van der Waals surface area (Å²) in [5, 5.41) is 11.6. The summed E-state index contributed by atoms with van der Waals surface area (Å²) in [6.45, 7) is 2.30. The van der Waals surface area contributed by atoms with E-state index < -0.39 is 17.7 Å². The zero-order chi connectivity index (χ0) is 27.6. The highest BCUT2D eigenvalue weighted by Gasteiger charge is 2.46. The number of aliphatic hydroxyl groups is 1. The number of ether oxygens (including phenoxy) is 2. The van der Waals surface area contributed by atoms with Crippen LogP contribution in [0, 0.1) is 0 Å². The number of benzene rings is 4. The van der Waals surface area contributed by atoms with Crippen LogP contribution >= 0.6 is 0 Å². The average molecular weight is 532 g/mol. The number of likely N-dealkylation sites (tertiary alicyclic amines) is 1. The Hall–Kier alpha value is -4.84. The minimum absolute atomic E-state index is 0.0447. The lowest BCUT2D eigenvalue weighted by atomic mass is 9.94. The molecule has 0 aliphatic carbocycles. The highest BCUT2D eigenvalue weighted by Crippen LogP contribution is 2.41. The van der Waals surface area contributed by atoms with Gasteiger partial charge in [0.2, 0.25) is 0 Å². The van der Waals surface area contributed by atoms with Gasteiger partial charge in [-0.3, -0.25) is 9.59 Å². The Morgan fingerprint density at radius 2 is 1.62 bits per heavy atom. The second-order valence-electron chi connectivity index (χ2n) is 10.2. The number of aliphatic hydroxyl groups excluding tert-OH is 1. The fraction of sp³-hybridized carbons (Fsp3) is 0.176. The normalized spacial score (nSPS) is 19.4. The van der Waals surface area contributed by atoms with E-state index >= 15 is 0 Å². The van der Waals surface area contributed by atoms with Gasteiger partial charge in [0.25, 0.3) is 11.7 Å². The van der Waals surface area contributed by atoms with Crippen LogP contribution in [0.25, 0.3) is 5.76 Å². The van der Waals surface area contributed by atoms with E-state index in [4.69, 9.17) is 9.47 Å². The van der Waals surface area contributed by atoms with Gasteiger partial charge in [-0.25, -0.2) is 0 Å². The number of carbonyl (C=O) groups is 2. The zero-order valence-electron chi connectivity index (χ0n) is 22.1. The molecule has 2 unspecified atom stereocenters. The van der Waals surface area contributed by atoms with Crippen molar-refractivity contribution in [3.05, 3.63) is 131 Å². The van der Waals surface area contributed by atoms with Gasteiger partial charge in [-0.1, -0.05) is 60.7 Å². The molecule has 200 valence electrons. The van der Waals surface area contributed by atoms with Crippen molar-refractivity contribution in [3.63, 3.8) is 0 Å². The van der Waals surface area contributed by atoms with E-state index in [-0.39, 0.29) is 17.4 Å². The van der Waals surface area contributed by atoms with Crippen molar-refractivity contribution in [2.45, 2.75) is 31.9 Å². The SMILES string of the molecule is CC1Cc2cc(C(O)=C3C(=O)C(=O)N(CCc4ccccc4)C3c3cccc(Oc4ccccc4)c3)ccc2O1. The van der Waals surface area contributed by atoms with Gasteiger partial charge in [0.05, 0.1) is 11.6 Å². The van der Waals surface area contributed by atoms with E-state index in [1.807, 2.05) is 104 Å². The Morgan fingerprint density at radius 3 is 2.40 bits per heavy atom. The summed E-state index contributed by atoms with van der Waals surface area (Å²) in [4.78, 5) is 28.5. The van der Waals surface area contributed by atoms with Crippen molar-refractivity contribution < 1.29 is 24.2 Å². The number of Topliss-reactive ketones (excluding diaryl/α,β-unsaturated/α-hetero) is 1. The number of fused-ring (bicyclic) bond motifs is 1. The second-order valence-corrected chi connectivity index (χ2v) is 10.2. The Balaban J connectivity index is 1.41. The molecule has 6 heteroatoms. The number of para-hydroxylation sites is 1. The van der Waals surface area contributed by atoms with Gasteiger partial charge in [0, 0.05) is 18.5 Å². The van der Waals surface area contributed by atoms with Gasteiger partial charge in [0.1, 0.15) is 29.1 Å². The summed E-state index contributed by atoms with van der Waals surface area (Å²) in [6, 6.07) is 31.2. The van der Waals surface area contributed by atoms with Gasteiger partial charge in [-0.2, -0.15) is 0 Å². The van der Waals surface area contributed by atoms with Crippen molar-refractivity contribution in [1.29, 1.82) is 0 Å². The molecule has 4 aromatic rings. The molecular weight excluding hydrogens is 502 g/mol. The number of hydrogen-bond acceptors (Lipinski definition) is 5. The summed E-state index contributed by atoms with van der Waals surface area (Å²) < 4.78 is 11.9. The topological polar surface area (TPSA) is 76.1 Å². The fourth-order valence-electron chi connectivity index (χ4n) is 5.45. The third-order valence-electron chi connectivity index (χ3n) is 7.35. The highest BCUT2D eigenvalue weighted by atomic mass is 16.5. The van der Waals surface area contributed by atoms with Crippen LogP contribution < -0.4 is 9.47 Å². The summed E-state index contributed by atoms with van der Waals surface area (Å²) in [7, 11) is 0. The first kappa shape index (κ1) is 25.4. The molecule has 0 saturated carbocycles. The second kappa shape index (κ2) is 10.7. The maximum absolute atomic E-state index is 13.5. The maximum Gasteiger partial charge on any atom is 0.295 e. The van der Waals surface area contributed by atoms with Gasteiger partial charge in [-0.05, 0) is 72.5 Å². The molecule has 6 nitrogen and oxygen atoms in total. The van der Waals surface area contributed by atoms with E-state index in [0.29, 0.717) is 42.0 Å². The molecule has 1 saturated heterocycles. The minimum atomic E-state index is -0.772. The van der Waals surface area contributed by atoms with Gasteiger partial charge >= 0.3 is 0 Å². The molecule has 2 aliphatic rings. The molecule has 2 aliphatic heterocycles. The Labute approximate surface area is 233 Å². The first-order valence-electron chi connectivity index (χ1n) is 13.4. The molecule has 1 N–H and O–H groups in total. The molecule has 1 amide bonds. The number of rotatable bonds is 7. The molecule has 0 aromatic heterocycles. The van der Waals surface area contributed by atoms with E-state index in [0.717, 1.165) is 16.9 Å². The quantitative estimate of drug-likeness (QED) is 0.168. The molecular formula is C34H29NO5. The smallest absolute Gasteiger partial charge is 0.295 e. The lowest BCUT2D eigenvalue weighted by molar-refractivity contribution is -0.139.